The number of halogens is 2. The summed E-state index contributed by atoms with van der Waals surface area (Å²) in [7, 11) is 3.01. The van der Waals surface area contributed by atoms with Crippen LogP contribution in [0, 0.1) is 6.92 Å². The number of carbonyl (C=O) groups is 2. The highest BCUT2D eigenvalue weighted by atomic mass is 19.3. The zero-order valence-electron chi connectivity index (χ0n) is 17.4. The highest BCUT2D eigenvalue weighted by molar-refractivity contribution is 6.03. The van der Waals surface area contributed by atoms with Gasteiger partial charge in [-0.2, -0.15) is 13.9 Å². The zero-order valence-corrected chi connectivity index (χ0v) is 17.4. The molecule has 1 aliphatic rings. The van der Waals surface area contributed by atoms with Gasteiger partial charge in [0.2, 0.25) is 5.91 Å². The number of aryl methyl sites for hydroxylation is 2. The first-order valence-corrected chi connectivity index (χ1v) is 9.61. The van der Waals surface area contributed by atoms with Gasteiger partial charge in [0.05, 0.1) is 19.1 Å². The molecular weight excluding hydrogens is 426 g/mol. The van der Waals surface area contributed by atoms with E-state index in [9.17, 15) is 18.4 Å². The number of furan rings is 1. The fourth-order valence-electron chi connectivity index (χ4n) is 3.91. The molecule has 3 aromatic rings. The van der Waals surface area contributed by atoms with Crippen molar-refractivity contribution in [2.75, 3.05) is 12.4 Å². The molecule has 168 valence electrons. The van der Waals surface area contributed by atoms with E-state index in [-0.39, 0.29) is 17.3 Å². The first-order valence-electron chi connectivity index (χ1n) is 9.61. The minimum Gasteiger partial charge on any atom is -0.493 e. The van der Waals surface area contributed by atoms with Gasteiger partial charge in [-0.1, -0.05) is 6.07 Å². The van der Waals surface area contributed by atoms with Crippen LogP contribution in [0.2, 0.25) is 0 Å². The average Bonchev–Trinajstić information content (AvgIpc) is 3.37. The van der Waals surface area contributed by atoms with E-state index in [1.807, 2.05) is 0 Å². The monoisotopic (exact) mass is 446 g/mol. The smallest absolute Gasteiger partial charge is 0.387 e. The Bertz CT molecular complexity index is 1160. The van der Waals surface area contributed by atoms with Gasteiger partial charge in [-0.05, 0) is 36.8 Å². The van der Waals surface area contributed by atoms with Crippen LogP contribution in [-0.2, 0) is 11.8 Å². The van der Waals surface area contributed by atoms with Crippen molar-refractivity contribution in [1.29, 1.82) is 0 Å². The van der Waals surface area contributed by atoms with Crippen molar-refractivity contribution in [1.82, 2.24) is 15.1 Å². The number of aromatic nitrogens is 2. The van der Waals surface area contributed by atoms with E-state index in [0.717, 1.165) is 0 Å². The molecule has 0 fully saturated rings. The Hall–Kier alpha value is -3.89. The van der Waals surface area contributed by atoms with E-state index >= 15 is 0 Å². The summed E-state index contributed by atoms with van der Waals surface area (Å²) in [6, 6.07) is 6.39. The maximum atomic E-state index is 13.0. The van der Waals surface area contributed by atoms with Crippen molar-refractivity contribution >= 4 is 17.6 Å². The lowest BCUT2D eigenvalue weighted by Gasteiger charge is -2.32. The fourth-order valence-corrected chi connectivity index (χ4v) is 3.91. The molecule has 0 aliphatic carbocycles. The molecule has 3 heterocycles. The highest BCUT2D eigenvalue weighted by Gasteiger charge is 2.41. The number of methoxy groups -OCH3 is 1. The molecule has 9 nitrogen and oxygen atoms in total. The molecule has 1 aliphatic heterocycles. The summed E-state index contributed by atoms with van der Waals surface area (Å²) >= 11 is 0. The van der Waals surface area contributed by atoms with Crippen LogP contribution in [0.15, 0.2) is 41.0 Å². The van der Waals surface area contributed by atoms with Gasteiger partial charge < -0.3 is 24.5 Å². The second-order valence-corrected chi connectivity index (χ2v) is 7.16. The van der Waals surface area contributed by atoms with Gasteiger partial charge in [0, 0.05) is 18.5 Å². The number of alkyl halides is 2. The topological polar surface area (TPSA) is 108 Å². The van der Waals surface area contributed by atoms with Gasteiger partial charge in [0.1, 0.15) is 11.9 Å². The number of amides is 2. The third-order valence-corrected chi connectivity index (χ3v) is 5.23. The van der Waals surface area contributed by atoms with Gasteiger partial charge in [0.15, 0.2) is 17.3 Å². The molecular formula is C21H20F2N4O5. The van der Waals surface area contributed by atoms with Crippen molar-refractivity contribution < 1.29 is 32.3 Å². The maximum Gasteiger partial charge on any atom is 0.387 e. The van der Waals surface area contributed by atoms with Gasteiger partial charge in [-0.25, -0.2) is 0 Å². The van der Waals surface area contributed by atoms with Crippen LogP contribution in [0.1, 0.15) is 33.3 Å². The van der Waals surface area contributed by atoms with E-state index in [1.54, 1.807) is 26.1 Å². The van der Waals surface area contributed by atoms with E-state index in [2.05, 4.69) is 20.5 Å². The number of anilines is 1. The highest BCUT2D eigenvalue weighted by Crippen LogP contribution is 2.42. The number of nitrogens with one attached hydrogen (secondary N) is 2. The third-order valence-electron chi connectivity index (χ3n) is 5.23. The molecule has 2 amide bonds. The molecule has 4 rings (SSSR count). The van der Waals surface area contributed by atoms with E-state index in [4.69, 9.17) is 9.15 Å². The molecule has 2 N–H and O–H groups in total. The Balaban J connectivity index is 1.81. The van der Waals surface area contributed by atoms with Crippen molar-refractivity contribution in [2.45, 2.75) is 25.5 Å². The summed E-state index contributed by atoms with van der Waals surface area (Å²) in [6.45, 7) is -1.25. The lowest BCUT2D eigenvalue weighted by Crippen LogP contribution is -2.50. The predicted octanol–water partition coefficient (Wildman–Crippen LogP) is 2.81. The number of hydrogen-bond acceptors (Lipinski definition) is 6. The number of ether oxygens (including phenoxy) is 2. The second-order valence-electron chi connectivity index (χ2n) is 7.16. The average molecular weight is 446 g/mol. The molecule has 0 spiro atoms. The Morgan fingerprint density at radius 2 is 2.09 bits per heavy atom. The molecule has 11 heteroatoms. The number of nitrogens with zero attached hydrogens (tertiary/aromatic N) is 2. The van der Waals surface area contributed by atoms with Crippen LogP contribution >= 0.6 is 0 Å². The first-order chi connectivity index (χ1) is 15.3. The van der Waals surface area contributed by atoms with Crippen LogP contribution < -0.4 is 20.1 Å². The normalized spacial score (nSPS) is 17.6. The number of benzene rings is 1. The molecule has 2 aromatic heterocycles. The number of rotatable bonds is 6. The second kappa shape index (κ2) is 8.33. The predicted molar refractivity (Wildman–Crippen MR) is 108 cm³/mol. The number of hydrogen-bond donors (Lipinski definition) is 2. The summed E-state index contributed by atoms with van der Waals surface area (Å²) < 4.78 is 41.9. The van der Waals surface area contributed by atoms with Gasteiger partial charge >= 0.3 is 6.61 Å². The quantitative estimate of drug-likeness (QED) is 0.603. The Kier molecular flexibility index (Phi) is 5.56. The van der Waals surface area contributed by atoms with Crippen LogP contribution in [0.3, 0.4) is 0 Å². The van der Waals surface area contributed by atoms with Gasteiger partial charge in [-0.15, -0.1) is 0 Å². The Labute approximate surface area is 181 Å². The molecule has 0 unspecified atom stereocenters. The van der Waals surface area contributed by atoms with Crippen molar-refractivity contribution in [3.63, 3.8) is 0 Å². The van der Waals surface area contributed by atoms with E-state index in [1.165, 1.54) is 36.3 Å². The Morgan fingerprint density at radius 3 is 2.75 bits per heavy atom. The van der Waals surface area contributed by atoms with Crippen LogP contribution in [0.5, 0.6) is 11.5 Å². The maximum absolute atomic E-state index is 13.0. The van der Waals surface area contributed by atoms with Crippen LogP contribution in [-0.4, -0.2) is 41.4 Å². The Morgan fingerprint density at radius 1 is 1.31 bits per heavy atom. The van der Waals surface area contributed by atoms with E-state index < -0.39 is 30.4 Å². The standard InChI is InChI=1S/C21H20F2N4O5/c1-10-15-16(11-6-7-12(32-21(22)23)14(9-11)30-3)17(20(29)25-18(15)27(2)26-10)24-19(28)13-5-4-8-31-13/h4-9,16-17,21H,1-3H3,(H,24,28)(H,25,29)/t16-,17+/m0/s1. The van der Waals surface area contributed by atoms with E-state index in [0.29, 0.717) is 22.6 Å². The molecule has 32 heavy (non-hydrogen) atoms. The summed E-state index contributed by atoms with van der Waals surface area (Å²) in [6.07, 6.45) is 1.35. The number of fused-ring (bicyclic) bond motifs is 1. The molecule has 0 saturated carbocycles. The zero-order chi connectivity index (χ0) is 23.0. The van der Waals surface area contributed by atoms with Crippen LogP contribution in [0.4, 0.5) is 14.6 Å². The summed E-state index contributed by atoms with van der Waals surface area (Å²) in [5.74, 6) is -1.27. The first kappa shape index (κ1) is 21.3. The summed E-state index contributed by atoms with van der Waals surface area (Å²) in [5.41, 5.74) is 1.86. The van der Waals surface area contributed by atoms with Gasteiger partial charge in [-0.3, -0.25) is 14.3 Å². The van der Waals surface area contributed by atoms with Crippen molar-refractivity contribution in [3.05, 3.63) is 59.2 Å². The minimum absolute atomic E-state index is 0.0449. The SMILES string of the molecule is COc1cc([C@H]2c3c(C)nn(C)c3NC(=O)[C@@H]2NC(=O)c2ccco2)ccc1OC(F)F. The summed E-state index contributed by atoms with van der Waals surface area (Å²) in [5, 5.41) is 9.87. The summed E-state index contributed by atoms with van der Waals surface area (Å²) in [4.78, 5) is 25.7. The molecule has 1 aromatic carbocycles. The van der Waals surface area contributed by atoms with Gasteiger partial charge in [0.25, 0.3) is 5.91 Å². The lowest BCUT2D eigenvalue weighted by atomic mass is 9.81. The minimum atomic E-state index is -3.03. The number of carbonyl (C=O) groups excluding carboxylic acids is 2. The molecule has 2 atom stereocenters. The molecule has 0 bridgehead atoms. The third kappa shape index (κ3) is 3.77. The lowest BCUT2D eigenvalue weighted by molar-refractivity contribution is -0.118. The fraction of sp³-hybridized carbons (Fsp3) is 0.286. The van der Waals surface area contributed by atoms with Crippen LogP contribution in [0.25, 0.3) is 0 Å². The molecule has 0 saturated heterocycles. The molecule has 0 radical (unpaired) electrons. The van der Waals surface area contributed by atoms with Crippen molar-refractivity contribution in [3.8, 4) is 11.5 Å². The van der Waals surface area contributed by atoms with Crippen molar-refractivity contribution in [2.24, 2.45) is 7.05 Å². The largest absolute Gasteiger partial charge is 0.493 e.